The Morgan fingerprint density at radius 3 is 2.31 bits per heavy atom. The number of fused-ring (bicyclic) bond motifs is 1. The molecule has 4 rings (SSSR count). The summed E-state index contributed by atoms with van der Waals surface area (Å²) in [5.74, 6) is -1.91. The van der Waals surface area contributed by atoms with Gasteiger partial charge in [-0.25, -0.2) is 4.79 Å². The van der Waals surface area contributed by atoms with Gasteiger partial charge in [0.15, 0.2) is 0 Å². The number of hydrogen-bond acceptors (Lipinski definition) is 5. The van der Waals surface area contributed by atoms with Gasteiger partial charge in [0.25, 0.3) is 17.6 Å². The summed E-state index contributed by atoms with van der Waals surface area (Å²) >= 11 is 0. The molecule has 0 spiro atoms. The number of Topliss-reactive ketones (excluding diaryl/α,β-unsaturated/α-hetero) is 1. The molecule has 1 aliphatic heterocycles. The summed E-state index contributed by atoms with van der Waals surface area (Å²) in [7, 11) is 1.29. The third-order valence-corrected chi connectivity index (χ3v) is 6.51. The zero-order valence-corrected chi connectivity index (χ0v) is 20.3. The third-order valence-electron chi connectivity index (χ3n) is 6.51. The molecule has 2 aromatic carbocycles. The van der Waals surface area contributed by atoms with Crippen molar-refractivity contribution in [1.29, 1.82) is 0 Å². The number of carbonyl (C=O) groups is 4. The van der Waals surface area contributed by atoms with E-state index < -0.39 is 17.7 Å². The van der Waals surface area contributed by atoms with Crippen molar-refractivity contribution < 1.29 is 23.9 Å². The number of aromatic nitrogens is 1. The Balaban J connectivity index is 1.61. The molecule has 1 atom stereocenters. The number of ketones is 1. The molecule has 1 aromatic heterocycles. The molecule has 8 heteroatoms. The zero-order valence-electron chi connectivity index (χ0n) is 20.3. The number of piperazine rings is 1. The molecule has 0 aliphatic carbocycles. The summed E-state index contributed by atoms with van der Waals surface area (Å²) in [6.07, 6.45) is 1.46. The molecule has 3 aromatic rings. The lowest BCUT2D eigenvalue weighted by molar-refractivity contribution is -0.133. The van der Waals surface area contributed by atoms with Crippen molar-refractivity contribution in [2.45, 2.75) is 26.8 Å². The second-order valence-corrected chi connectivity index (χ2v) is 9.75. The van der Waals surface area contributed by atoms with Gasteiger partial charge in [0, 0.05) is 36.8 Å². The standard InChI is InChI=1S/C27H29N3O5/c1-27(2,3)21-16-29(24(32)17-9-6-5-7-10-17)13-14-30(21)25(33)23(31)20-15-28-22-18(20)11-8-12-19(22)26(34)35-4/h5-12,15,21,28H,13-14,16H2,1-4H3. The van der Waals surface area contributed by atoms with E-state index in [2.05, 4.69) is 4.98 Å². The van der Waals surface area contributed by atoms with Crippen LogP contribution in [0.25, 0.3) is 10.9 Å². The second kappa shape index (κ2) is 9.37. The maximum atomic E-state index is 13.5. The lowest BCUT2D eigenvalue weighted by atomic mass is 9.83. The van der Waals surface area contributed by atoms with Crippen LogP contribution in [-0.4, -0.2) is 71.1 Å². The van der Waals surface area contributed by atoms with E-state index in [1.165, 1.54) is 13.3 Å². The average molecular weight is 476 g/mol. The molecule has 0 saturated carbocycles. The van der Waals surface area contributed by atoms with E-state index in [1.807, 2.05) is 39.0 Å². The fraction of sp³-hybridized carbons (Fsp3) is 0.333. The van der Waals surface area contributed by atoms with Crippen LogP contribution < -0.4 is 0 Å². The monoisotopic (exact) mass is 475 g/mol. The van der Waals surface area contributed by atoms with Crippen molar-refractivity contribution in [3.05, 3.63) is 71.4 Å². The highest BCUT2D eigenvalue weighted by Gasteiger charge is 2.41. The van der Waals surface area contributed by atoms with Gasteiger partial charge in [0.1, 0.15) is 0 Å². The quantitative estimate of drug-likeness (QED) is 0.354. The second-order valence-electron chi connectivity index (χ2n) is 9.75. The molecule has 1 N–H and O–H groups in total. The van der Waals surface area contributed by atoms with Gasteiger partial charge in [-0.05, 0) is 23.6 Å². The number of amides is 2. The van der Waals surface area contributed by atoms with Crippen LogP contribution in [0.1, 0.15) is 51.8 Å². The van der Waals surface area contributed by atoms with Crippen LogP contribution in [0.5, 0.6) is 0 Å². The first-order valence-electron chi connectivity index (χ1n) is 11.5. The largest absolute Gasteiger partial charge is 0.465 e. The molecule has 182 valence electrons. The van der Waals surface area contributed by atoms with Crippen LogP contribution in [0.15, 0.2) is 54.7 Å². The Labute approximate surface area is 203 Å². The summed E-state index contributed by atoms with van der Waals surface area (Å²) in [5, 5.41) is 0.483. The van der Waals surface area contributed by atoms with E-state index in [4.69, 9.17) is 4.74 Å². The number of nitrogens with zero attached hydrogens (tertiary/aromatic N) is 2. The number of esters is 1. The van der Waals surface area contributed by atoms with Gasteiger partial charge in [0.05, 0.1) is 29.8 Å². The number of nitrogens with one attached hydrogen (secondary N) is 1. The van der Waals surface area contributed by atoms with E-state index in [9.17, 15) is 19.2 Å². The Bertz CT molecular complexity index is 1290. The molecule has 1 saturated heterocycles. The summed E-state index contributed by atoms with van der Waals surface area (Å²) < 4.78 is 4.82. The van der Waals surface area contributed by atoms with Crippen molar-refractivity contribution in [1.82, 2.24) is 14.8 Å². The Hall–Kier alpha value is -3.94. The van der Waals surface area contributed by atoms with Crippen molar-refractivity contribution in [2.75, 3.05) is 26.7 Å². The van der Waals surface area contributed by atoms with E-state index in [1.54, 1.807) is 40.1 Å². The van der Waals surface area contributed by atoms with Crippen molar-refractivity contribution >= 4 is 34.5 Å². The number of carbonyl (C=O) groups excluding carboxylic acids is 4. The molecule has 0 radical (unpaired) electrons. The van der Waals surface area contributed by atoms with Gasteiger partial charge in [-0.2, -0.15) is 0 Å². The van der Waals surface area contributed by atoms with Gasteiger partial charge in [-0.3, -0.25) is 14.4 Å². The van der Waals surface area contributed by atoms with Crippen LogP contribution in [0.4, 0.5) is 0 Å². The minimum atomic E-state index is -0.657. The predicted octanol–water partition coefficient (Wildman–Crippen LogP) is 3.54. The third kappa shape index (κ3) is 4.56. The smallest absolute Gasteiger partial charge is 0.339 e. The molecule has 1 unspecified atom stereocenters. The first kappa shape index (κ1) is 24.2. The van der Waals surface area contributed by atoms with Crippen molar-refractivity contribution in [3.8, 4) is 0 Å². The predicted molar refractivity (Wildman–Crippen MR) is 131 cm³/mol. The van der Waals surface area contributed by atoms with Gasteiger partial charge in [-0.1, -0.05) is 51.1 Å². The number of para-hydroxylation sites is 1. The molecule has 35 heavy (non-hydrogen) atoms. The zero-order chi connectivity index (χ0) is 25.3. The van der Waals surface area contributed by atoms with E-state index in [0.717, 1.165) is 0 Å². The lowest BCUT2D eigenvalue weighted by Crippen LogP contribution is -2.61. The van der Waals surface area contributed by atoms with E-state index in [-0.39, 0.29) is 35.0 Å². The fourth-order valence-corrected chi connectivity index (χ4v) is 4.58. The number of aromatic amines is 1. The number of hydrogen-bond donors (Lipinski definition) is 1. The maximum Gasteiger partial charge on any atom is 0.339 e. The SMILES string of the molecule is COC(=O)c1cccc2c(C(=O)C(=O)N3CCN(C(=O)c4ccccc4)CC3C(C)(C)C)c[nH]c12. The van der Waals surface area contributed by atoms with Crippen LogP contribution >= 0.6 is 0 Å². The van der Waals surface area contributed by atoms with Gasteiger partial charge < -0.3 is 19.5 Å². The summed E-state index contributed by atoms with van der Waals surface area (Å²) in [6, 6.07) is 13.6. The molecule has 0 bridgehead atoms. The van der Waals surface area contributed by atoms with E-state index in [0.29, 0.717) is 29.6 Å². The molecular weight excluding hydrogens is 446 g/mol. The highest BCUT2D eigenvalue weighted by molar-refractivity contribution is 6.45. The first-order chi connectivity index (χ1) is 16.6. The summed E-state index contributed by atoms with van der Waals surface area (Å²) in [5.41, 5.74) is 1.16. The maximum absolute atomic E-state index is 13.5. The minimum Gasteiger partial charge on any atom is -0.465 e. The molecule has 1 aliphatic rings. The Morgan fingerprint density at radius 1 is 0.943 bits per heavy atom. The summed E-state index contributed by atoms with van der Waals surface area (Å²) in [6.45, 7) is 6.89. The average Bonchev–Trinajstić information content (AvgIpc) is 3.31. The molecular formula is C27H29N3O5. The normalized spacial score (nSPS) is 16.3. The molecule has 2 amide bonds. The highest BCUT2D eigenvalue weighted by Crippen LogP contribution is 2.30. The molecule has 8 nitrogen and oxygen atoms in total. The van der Waals surface area contributed by atoms with Crippen molar-refractivity contribution in [3.63, 3.8) is 0 Å². The fourth-order valence-electron chi connectivity index (χ4n) is 4.58. The first-order valence-corrected chi connectivity index (χ1v) is 11.5. The number of methoxy groups -OCH3 is 1. The Morgan fingerprint density at radius 2 is 1.66 bits per heavy atom. The van der Waals surface area contributed by atoms with Crippen LogP contribution in [0.2, 0.25) is 0 Å². The van der Waals surface area contributed by atoms with Crippen molar-refractivity contribution in [2.24, 2.45) is 5.41 Å². The minimum absolute atomic E-state index is 0.0924. The summed E-state index contributed by atoms with van der Waals surface area (Å²) in [4.78, 5) is 58.3. The molecule has 1 fully saturated rings. The van der Waals surface area contributed by atoms with Gasteiger partial charge in [0.2, 0.25) is 0 Å². The van der Waals surface area contributed by atoms with Crippen LogP contribution in [0.3, 0.4) is 0 Å². The number of rotatable bonds is 4. The van der Waals surface area contributed by atoms with E-state index >= 15 is 0 Å². The molecule has 2 heterocycles. The lowest BCUT2D eigenvalue weighted by Gasteiger charge is -2.47. The highest BCUT2D eigenvalue weighted by atomic mass is 16.5. The number of H-pyrrole nitrogens is 1. The number of benzene rings is 2. The van der Waals surface area contributed by atoms with Gasteiger partial charge in [-0.15, -0.1) is 0 Å². The number of ether oxygens (including phenoxy) is 1. The topological polar surface area (TPSA) is 99.8 Å². The van der Waals surface area contributed by atoms with Gasteiger partial charge >= 0.3 is 5.97 Å². The van der Waals surface area contributed by atoms with Crippen LogP contribution in [0, 0.1) is 5.41 Å². The Kier molecular flexibility index (Phi) is 6.47. The van der Waals surface area contributed by atoms with Crippen LogP contribution in [-0.2, 0) is 9.53 Å².